The van der Waals surface area contributed by atoms with Crippen LogP contribution < -0.4 is 5.19 Å². The summed E-state index contributed by atoms with van der Waals surface area (Å²) in [6.45, 7) is 5.93. The molecule has 2 rings (SSSR count). The van der Waals surface area contributed by atoms with Gasteiger partial charge in [0.25, 0.3) is 0 Å². The minimum Gasteiger partial charge on any atom is -0.481 e. The number of carbonyl (C=O) groups is 1. The lowest BCUT2D eigenvalue weighted by atomic mass is 9.94. The van der Waals surface area contributed by atoms with Crippen LogP contribution in [0, 0.1) is 5.92 Å². The first-order valence-corrected chi connectivity index (χ1v) is 10.9. The highest BCUT2D eigenvalue weighted by atomic mass is 28.3. The van der Waals surface area contributed by atoms with Gasteiger partial charge < -0.3 is 10.2 Å². The molecule has 2 aromatic carbocycles. The third-order valence-corrected chi connectivity index (χ3v) is 8.69. The molecule has 0 aliphatic rings. The summed E-state index contributed by atoms with van der Waals surface area (Å²) >= 11 is 0. The molecule has 0 bridgehead atoms. The molecule has 0 radical (unpaired) electrons. The molecule has 2 N–H and O–H groups in total. The lowest BCUT2D eigenvalue weighted by molar-refractivity contribution is -0.145. The zero-order valence-electron chi connectivity index (χ0n) is 13.8. The third kappa shape index (κ3) is 3.71. The topological polar surface area (TPSA) is 57.5 Å². The summed E-state index contributed by atoms with van der Waals surface area (Å²) in [5.74, 6) is -1.76. The van der Waals surface area contributed by atoms with Gasteiger partial charge in [-0.25, -0.2) is 0 Å². The molecule has 0 saturated carbocycles. The quantitative estimate of drug-likeness (QED) is 0.802. The summed E-state index contributed by atoms with van der Waals surface area (Å²) in [6, 6.07) is 19.8. The van der Waals surface area contributed by atoms with E-state index in [1.54, 1.807) is 6.92 Å². The van der Waals surface area contributed by atoms with Crippen molar-refractivity contribution in [1.82, 2.24) is 0 Å². The third-order valence-electron chi connectivity index (χ3n) is 4.62. The Kier molecular flexibility index (Phi) is 5.39. The lowest BCUT2D eigenvalue weighted by Gasteiger charge is -2.38. The second-order valence-electron chi connectivity index (χ2n) is 6.58. The predicted octanol–water partition coefficient (Wildman–Crippen LogP) is 3.01. The van der Waals surface area contributed by atoms with Gasteiger partial charge in [-0.2, -0.15) is 0 Å². The van der Waals surface area contributed by atoms with Crippen molar-refractivity contribution >= 4 is 19.2 Å². The molecule has 0 aliphatic heterocycles. The smallest absolute Gasteiger partial charge is 0.309 e. The van der Waals surface area contributed by atoms with E-state index in [1.165, 1.54) is 5.19 Å². The van der Waals surface area contributed by atoms with Gasteiger partial charge in [0.15, 0.2) is 0 Å². The van der Waals surface area contributed by atoms with Gasteiger partial charge in [-0.1, -0.05) is 78.9 Å². The molecule has 122 valence electrons. The molecule has 0 aromatic heterocycles. The summed E-state index contributed by atoms with van der Waals surface area (Å²) < 4.78 is 0. The van der Waals surface area contributed by atoms with E-state index in [2.05, 4.69) is 25.2 Å². The average Bonchev–Trinajstić information content (AvgIpc) is 2.53. The highest BCUT2D eigenvalue weighted by molar-refractivity contribution is 6.91. The molecule has 0 saturated heterocycles. The molecular weight excluding hydrogens is 304 g/mol. The summed E-state index contributed by atoms with van der Waals surface area (Å²) in [4.78, 5) is 11.9. The van der Waals surface area contributed by atoms with Crippen LogP contribution in [-0.4, -0.2) is 30.4 Å². The van der Waals surface area contributed by atoms with Crippen molar-refractivity contribution in [3.05, 3.63) is 66.2 Å². The van der Waals surface area contributed by atoms with Gasteiger partial charge in [0.05, 0.1) is 20.1 Å². The van der Waals surface area contributed by atoms with Crippen LogP contribution in [0.4, 0.5) is 0 Å². The molecular formula is C19H24O3Si. The fourth-order valence-electron chi connectivity index (χ4n) is 3.41. The standard InChI is InChI=1S/C19H24O3Si/c1-14(20)17(19(21)22)18(15-10-6-4-7-11-15)23(2,3)16-12-8-5-9-13-16/h4-14,17-18,20H,1-3H3,(H,21,22)/t14-,17+,18+/m0/s1. The van der Waals surface area contributed by atoms with E-state index in [1.807, 2.05) is 48.5 Å². The molecule has 0 unspecified atom stereocenters. The molecule has 23 heavy (non-hydrogen) atoms. The highest BCUT2D eigenvalue weighted by Gasteiger charge is 2.44. The first-order chi connectivity index (χ1) is 10.9. The van der Waals surface area contributed by atoms with Crippen LogP contribution in [-0.2, 0) is 4.79 Å². The largest absolute Gasteiger partial charge is 0.481 e. The van der Waals surface area contributed by atoms with Crippen molar-refractivity contribution in [2.24, 2.45) is 5.92 Å². The zero-order chi connectivity index (χ0) is 17.0. The SMILES string of the molecule is C[C@H](O)[C@@H](C(=O)O)[C@@H](c1ccccc1)[Si](C)(C)c1ccccc1. The van der Waals surface area contributed by atoms with Gasteiger partial charge in [0, 0.05) is 0 Å². The Morgan fingerprint density at radius 1 is 0.957 bits per heavy atom. The fourth-order valence-corrected chi connectivity index (χ4v) is 7.16. The van der Waals surface area contributed by atoms with E-state index >= 15 is 0 Å². The monoisotopic (exact) mass is 328 g/mol. The Balaban J connectivity index is 2.60. The predicted molar refractivity (Wildman–Crippen MR) is 95.5 cm³/mol. The number of hydrogen-bond donors (Lipinski definition) is 2. The summed E-state index contributed by atoms with van der Waals surface area (Å²) in [5.41, 5.74) is 0.782. The van der Waals surface area contributed by atoms with Crippen molar-refractivity contribution in [1.29, 1.82) is 0 Å². The number of carboxylic acids is 1. The van der Waals surface area contributed by atoms with Crippen molar-refractivity contribution < 1.29 is 15.0 Å². The lowest BCUT2D eigenvalue weighted by Crippen LogP contribution is -2.53. The molecule has 0 aliphatic carbocycles. The van der Waals surface area contributed by atoms with Crippen LogP contribution >= 0.6 is 0 Å². The van der Waals surface area contributed by atoms with Crippen LogP contribution in [0.5, 0.6) is 0 Å². The van der Waals surface area contributed by atoms with Gasteiger partial charge in [0.1, 0.15) is 0 Å². The Morgan fingerprint density at radius 3 is 1.87 bits per heavy atom. The summed E-state index contributed by atoms with van der Waals surface area (Å²) in [7, 11) is -2.18. The average molecular weight is 328 g/mol. The molecule has 0 spiro atoms. The van der Waals surface area contributed by atoms with Crippen LogP contribution in [0.15, 0.2) is 60.7 Å². The maximum atomic E-state index is 11.9. The number of aliphatic hydroxyl groups excluding tert-OH is 1. The van der Waals surface area contributed by atoms with E-state index in [-0.39, 0.29) is 5.54 Å². The van der Waals surface area contributed by atoms with Gasteiger partial charge in [0.2, 0.25) is 0 Å². The maximum absolute atomic E-state index is 11.9. The van der Waals surface area contributed by atoms with Gasteiger partial charge in [-0.05, 0) is 18.0 Å². The number of benzene rings is 2. The Hall–Kier alpha value is -1.91. The molecule has 0 fully saturated rings. The number of aliphatic hydroxyl groups is 1. The highest BCUT2D eigenvalue weighted by Crippen LogP contribution is 2.36. The van der Waals surface area contributed by atoms with Crippen molar-refractivity contribution in [3.8, 4) is 0 Å². The Bertz CT molecular complexity index is 638. The second-order valence-corrected chi connectivity index (χ2v) is 11.2. The second kappa shape index (κ2) is 7.11. The normalized spacial score (nSPS) is 15.7. The van der Waals surface area contributed by atoms with Crippen molar-refractivity contribution in [2.75, 3.05) is 0 Å². The zero-order valence-corrected chi connectivity index (χ0v) is 14.8. The molecule has 3 atom stereocenters. The van der Waals surface area contributed by atoms with Gasteiger partial charge in [-0.15, -0.1) is 0 Å². The molecule has 3 nitrogen and oxygen atoms in total. The number of rotatable bonds is 6. The minimum absolute atomic E-state index is 0.205. The summed E-state index contributed by atoms with van der Waals surface area (Å²) in [6.07, 6.45) is -0.909. The first-order valence-electron chi connectivity index (χ1n) is 7.87. The summed E-state index contributed by atoms with van der Waals surface area (Å²) in [5, 5.41) is 21.1. The van der Waals surface area contributed by atoms with Crippen LogP contribution in [0.25, 0.3) is 0 Å². The van der Waals surface area contributed by atoms with Gasteiger partial charge >= 0.3 is 5.97 Å². The first kappa shape index (κ1) is 17.4. The number of carboxylic acid groups (broad SMARTS) is 1. The van der Waals surface area contributed by atoms with E-state index in [0.717, 1.165) is 5.56 Å². The van der Waals surface area contributed by atoms with E-state index in [4.69, 9.17) is 0 Å². The van der Waals surface area contributed by atoms with Crippen LogP contribution in [0.3, 0.4) is 0 Å². The van der Waals surface area contributed by atoms with E-state index in [9.17, 15) is 15.0 Å². The molecule has 0 heterocycles. The molecule has 0 amide bonds. The molecule has 2 aromatic rings. The van der Waals surface area contributed by atoms with Gasteiger partial charge in [-0.3, -0.25) is 4.79 Å². The molecule has 4 heteroatoms. The number of aliphatic carboxylic acids is 1. The fraction of sp³-hybridized carbons (Fsp3) is 0.316. The van der Waals surface area contributed by atoms with E-state index < -0.39 is 26.1 Å². The Labute approximate surface area is 138 Å². The van der Waals surface area contributed by atoms with Crippen LogP contribution in [0.1, 0.15) is 18.0 Å². The number of hydrogen-bond acceptors (Lipinski definition) is 2. The van der Waals surface area contributed by atoms with Crippen molar-refractivity contribution in [3.63, 3.8) is 0 Å². The minimum atomic E-state index is -2.18. The van der Waals surface area contributed by atoms with Crippen molar-refractivity contribution in [2.45, 2.75) is 31.7 Å². The Morgan fingerprint density at radius 2 is 1.43 bits per heavy atom. The maximum Gasteiger partial charge on any atom is 0.309 e. The van der Waals surface area contributed by atoms with Crippen LogP contribution in [0.2, 0.25) is 13.1 Å². The van der Waals surface area contributed by atoms with E-state index in [0.29, 0.717) is 0 Å².